The number of hydrogen-bond donors (Lipinski definition) is 0. The van der Waals surface area contributed by atoms with Crippen LogP contribution in [0.15, 0.2) is 31.1 Å². The van der Waals surface area contributed by atoms with Gasteiger partial charge in [-0.25, -0.2) is 9.97 Å². The highest BCUT2D eigenvalue weighted by molar-refractivity contribution is 5.25. The van der Waals surface area contributed by atoms with Gasteiger partial charge in [0.05, 0.1) is 17.6 Å². The van der Waals surface area contributed by atoms with E-state index in [1.54, 1.807) is 18.7 Å². The van der Waals surface area contributed by atoms with Gasteiger partial charge < -0.3 is 0 Å². The molecule has 3 aromatic heterocycles. The molecular formula is C19H25N7. The van der Waals surface area contributed by atoms with Crippen LogP contribution >= 0.6 is 0 Å². The van der Waals surface area contributed by atoms with Crippen LogP contribution in [-0.4, -0.2) is 47.3 Å². The van der Waals surface area contributed by atoms with Crippen LogP contribution in [-0.2, 0) is 13.6 Å². The highest BCUT2D eigenvalue weighted by atomic mass is 15.3. The molecule has 1 saturated heterocycles. The zero-order valence-corrected chi connectivity index (χ0v) is 15.6. The van der Waals surface area contributed by atoms with Crippen LogP contribution in [0.2, 0.25) is 0 Å². The molecule has 3 aromatic rings. The van der Waals surface area contributed by atoms with Crippen LogP contribution in [0.4, 0.5) is 0 Å². The Morgan fingerprint density at radius 1 is 1.19 bits per heavy atom. The molecule has 1 atom stereocenters. The van der Waals surface area contributed by atoms with Crippen molar-refractivity contribution in [2.75, 3.05) is 13.1 Å². The van der Waals surface area contributed by atoms with E-state index >= 15 is 0 Å². The first kappa shape index (κ1) is 16.9. The maximum absolute atomic E-state index is 4.84. The number of rotatable bonds is 4. The Bertz CT molecular complexity index is 881. The smallest absolute Gasteiger partial charge is 0.156 e. The summed E-state index contributed by atoms with van der Waals surface area (Å²) in [6, 6.07) is 0. The SMILES string of the molecule is Cc1nn(C)c(C)c1CN1CCC[C@H](c2cncc(-n3ccnc3)n2)C1. The summed E-state index contributed by atoms with van der Waals surface area (Å²) in [4.78, 5) is 15.9. The van der Waals surface area contributed by atoms with Gasteiger partial charge in [0.2, 0.25) is 0 Å². The van der Waals surface area contributed by atoms with Gasteiger partial charge in [0.15, 0.2) is 5.82 Å². The van der Waals surface area contributed by atoms with E-state index in [4.69, 9.17) is 4.98 Å². The fourth-order valence-electron chi connectivity index (χ4n) is 3.80. The molecule has 0 unspecified atom stereocenters. The quantitative estimate of drug-likeness (QED) is 0.722. The third-order valence-electron chi connectivity index (χ3n) is 5.37. The summed E-state index contributed by atoms with van der Waals surface area (Å²) in [7, 11) is 2.02. The van der Waals surface area contributed by atoms with Crippen molar-refractivity contribution in [3.05, 3.63) is 53.8 Å². The summed E-state index contributed by atoms with van der Waals surface area (Å²) in [5.74, 6) is 1.24. The largest absolute Gasteiger partial charge is 0.298 e. The normalized spacial score (nSPS) is 18.3. The van der Waals surface area contributed by atoms with Gasteiger partial charge in [0.1, 0.15) is 6.33 Å². The van der Waals surface area contributed by atoms with Gasteiger partial charge in [-0.15, -0.1) is 0 Å². The molecule has 0 aliphatic carbocycles. The van der Waals surface area contributed by atoms with Crippen molar-refractivity contribution >= 4 is 0 Å². The van der Waals surface area contributed by atoms with Gasteiger partial charge in [-0.3, -0.25) is 19.1 Å². The second-order valence-corrected chi connectivity index (χ2v) is 7.12. The molecule has 0 bridgehead atoms. The first-order valence-electron chi connectivity index (χ1n) is 9.13. The van der Waals surface area contributed by atoms with Crippen LogP contribution in [0.25, 0.3) is 5.82 Å². The second-order valence-electron chi connectivity index (χ2n) is 7.12. The molecule has 0 amide bonds. The lowest BCUT2D eigenvalue weighted by Gasteiger charge is -2.32. The molecule has 136 valence electrons. The fourth-order valence-corrected chi connectivity index (χ4v) is 3.80. The topological polar surface area (TPSA) is 64.7 Å². The van der Waals surface area contributed by atoms with E-state index in [9.17, 15) is 0 Å². The standard InChI is InChI=1S/C19H25N7/c1-14-17(15(2)24(3)23-14)12-25-7-4-5-16(11-25)18-9-21-10-19(22-18)26-8-6-20-13-26/h6,8-10,13,16H,4-5,7,11-12H2,1-3H3/t16-/m0/s1. The number of likely N-dealkylation sites (tertiary alicyclic amines) is 1. The van der Waals surface area contributed by atoms with Crippen molar-refractivity contribution in [1.82, 2.24) is 34.2 Å². The predicted octanol–water partition coefficient (Wildman–Crippen LogP) is 2.39. The lowest BCUT2D eigenvalue weighted by atomic mass is 9.94. The Hall–Kier alpha value is -2.54. The van der Waals surface area contributed by atoms with E-state index in [0.717, 1.165) is 43.3 Å². The average molecular weight is 351 g/mol. The zero-order chi connectivity index (χ0) is 18.1. The Morgan fingerprint density at radius 2 is 2.08 bits per heavy atom. The van der Waals surface area contributed by atoms with Gasteiger partial charge in [-0.05, 0) is 33.2 Å². The third kappa shape index (κ3) is 3.26. The third-order valence-corrected chi connectivity index (χ3v) is 5.37. The Labute approximate surface area is 153 Å². The van der Waals surface area contributed by atoms with Crippen molar-refractivity contribution in [3.63, 3.8) is 0 Å². The molecule has 0 N–H and O–H groups in total. The zero-order valence-electron chi connectivity index (χ0n) is 15.6. The first-order chi connectivity index (χ1) is 12.6. The van der Waals surface area contributed by atoms with Crippen molar-refractivity contribution in [1.29, 1.82) is 0 Å². The Kier molecular flexibility index (Phi) is 4.55. The summed E-state index contributed by atoms with van der Waals surface area (Å²) in [5, 5.41) is 4.55. The van der Waals surface area contributed by atoms with Crippen LogP contribution in [0.5, 0.6) is 0 Å². The molecule has 4 rings (SSSR count). The summed E-state index contributed by atoms with van der Waals surface area (Å²) >= 11 is 0. The van der Waals surface area contributed by atoms with Crippen molar-refractivity contribution in [3.8, 4) is 5.82 Å². The van der Waals surface area contributed by atoms with E-state index in [1.807, 2.05) is 28.7 Å². The monoisotopic (exact) mass is 351 g/mol. The second kappa shape index (κ2) is 6.99. The molecule has 0 aromatic carbocycles. The molecule has 7 nitrogen and oxygen atoms in total. The summed E-state index contributed by atoms with van der Waals surface area (Å²) in [5.41, 5.74) is 4.81. The number of piperidine rings is 1. The highest BCUT2D eigenvalue weighted by Crippen LogP contribution is 2.27. The van der Waals surface area contributed by atoms with Crippen molar-refractivity contribution in [2.24, 2.45) is 7.05 Å². The highest BCUT2D eigenvalue weighted by Gasteiger charge is 2.24. The number of aromatic nitrogens is 6. The minimum Gasteiger partial charge on any atom is -0.298 e. The molecule has 0 radical (unpaired) electrons. The lowest BCUT2D eigenvalue weighted by molar-refractivity contribution is 0.197. The maximum Gasteiger partial charge on any atom is 0.156 e. The summed E-state index contributed by atoms with van der Waals surface area (Å²) < 4.78 is 3.88. The van der Waals surface area contributed by atoms with Gasteiger partial charge >= 0.3 is 0 Å². The summed E-state index contributed by atoms with van der Waals surface area (Å²) in [6.45, 7) is 7.34. The predicted molar refractivity (Wildman–Crippen MR) is 99.1 cm³/mol. The number of hydrogen-bond acceptors (Lipinski definition) is 5. The Balaban J connectivity index is 1.51. The van der Waals surface area contributed by atoms with E-state index in [0.29, 0.717) is 5.92 Å². The van der Waals surface area contributed by atoms with E-state index in [2.05, 4.69) is 33.8 Å². The van der Waals surface area contributed by atoms with Crippen LogP contribution < -0.4 is 0 Å². The van der Waals surface area contributed by atoms with E-state index < -0.39 is 0 Å². The van der Waals surface area contributed by atoms with Crippen LogP contribution in [0.3, 0.4) is 0 Å². The van der Waals surface area contributed by atoms with Gasteiger partial charge in [-0.2, -0.15) is 5.10 Å². The average Bonchev–Trinajstić information content (AvgIpc) is 3.27. The summed E-state index contributed by atoms with van der Waals surface area (Å²) in [6.07, 6.45) is 11.5. The first-order valence-corrected chi connectivity index (χ1v) is 9.13. The van der Waals surface area contributed by atoms with Crippen LogP contribution in [0.1, 0.15) is 41.4 Å². The minimum atomic E-state index is 0.414. The number of aryl methyl sites for hydroxylation is 2. The van der Waals surface area contributed by atoms with Crippen molar-refractivity contribution < 1.29 is 0 Å². The molecule has 26 heavy (non-hydrogen) atoms. The molecule has 7 heteroatoms. The lowest BCUT2D eigenvalue weighted by Crippen LogP contribution is -2.34. The van der Waals surface area contributed by atoms with E-state index in [1.165, 1.54) is 17.7 Å². The molecule has 1 aliphatic heterocycles. The van der Waals surface area contributed by atoms with E-state index in [-0.39, 0.29) is 0 Å². The molecule has 4 heterocycles. The fraction of sp³-hybridized carbons (Fsp3) is 0.474. The van der Waals surface area contributed by atoms with Gasteiger partial charge in [0, 0.05) is 55.9 Å². The molecule has 0 spiro atoms. The number of imidazole rings is 1. The van der Waals surface area contributed by atoms with Crippen molar-refractivity contribution in [2.45, 2.75) is 39.2 Å². The molecule has 0 saturated carbocycles. The Morgan fingerprint density at radius 3 is 2.81 bits per heavy atom. The number of nitrogens with zero attached hydrogens (tertiary/aromatic N) is 7. The maximum atomic E-state index is 4.84. The molecular weight excluding hydrogens is 326 g/mol. The van der Waals surface area contributed by atoms with Gasteiger partial charge in [0.25, 0.3) is 0 Å². The molecule has 1 fully saturated rings. The minimum absolute atomic E-state index is 0.414. The molecule has 1 aliphatic rings. The van der Waals surface area contributed by atoms with Crippen LogP contribution in [0, 0.1) is 13.8 Å². The van der Waals surface area contributed by atoms with Gasteiger partial charge in [-0.1, -0.05) is 0 Å².